The third kappa shape index (κ3) is 2.05. The number of hydrogen-bond acceptors (Lipinski definition) is 1. The van der Waals surface area contributed by atoms with E-state index in [1.54, 1.807) is 18.2 Å². The summed E-state index contributed by atoms with van der Waals surface area (Å²) in [7, 11) is 0. The molecule has 0 radical (unpaired) electrons. The van der Waals surface area contributed by atoms with Crippen LogP contribution in [-0.2, 0) is 11.2 Å². The second kappa shape index (κ2) is 4.03. The van der Waals surface area contributed by atoms with Gasteiger partial charge in [0.1, 0.15) is 0 Å². The summed E-state index contributed by atoms with van der Waals surface area (Å²) < 4.78 is 13.2. The van der Waals surface area contributed by atoms with Crippen LogP contribution in [0.1, 0.15) is 24.2 Å². The lowest BCUT2D eigenvalue weighted by molar-refractivity contribution is -0.122. The van der Waals surface area contributed by atoms with E-state index in [2.05, 4.69) is 0 Å². The van der Waals surface area contributed by atoms with Crippen molar-refractivity contribution in [3.63, 3.8) is 0 Å². The van der Waals surface area contributed by atoms with Crippen molar-refractivity contribution in [1.82, 2.24) is 0 Å². The lowest BCUT2D eigenvalue weighted by Gasteiger charge is -2.08. The molecule has 2 N–H and O–H groups in total. The number of rotatable bonds is 3. The lowest BCUT2D eigenvalue weighted by atomic mass is 10.0. The Labute approximate surface area is 76.6 Å². The highest BCUT2D eigenvalue weighted by molar-refractivity contribution is 5.80. The van der Waals surface area contributed by atoms with Crippen molar-refractivity contribution in [3.8, 4) is 0 Å². The van der Waals surface area contributed by atoms with Gasteiger partial charge in [0.05, 0.1) is 0 Å². The molecule has 0 aromatic heterocycles. The first-order chi connectivity index (χ1) is 6.16. The summed E-state index contributed by atoms with van der Waals surface area (Å²) in [6.07, 6.45) is -0.986. The van der Waals surface area contributed by atoms with Gasteiger partial charge in [-0.15, -0.1) is 0 Å². The second-order valence-electron chi connectivity index (χ2n) is 2.82. The molecule has 0 spiro atoms. The number of amides is 1. The van der Waals surface area contributed by atoms with E-state index in [1.807, 2.05) is 13.0 Å². The second-order valence-corrected chi connectivity index (χ2v) is 2.82. The molecule has 0 aliphatic heterocycles. The summed E-state index contributed by atoms with van der Waals surface area (Å²) in [6, 6.07) is 6.90. The van der Waals surface area contributed by atoms with Crippen molar-refractivity contribution in [1.29, 1.82) is 0 Å². The molecule has 0 aliphatic carbocycles. The first kappa shape index (κ1) is 9.71. The fourth-order valence-corrected chi connectivity index (χ4v) is 1.26. The maximum absolute atomic E-state index is 13.2. The quantitative estimate of drug-likeness (QED) is 0.758. The molecule has 1 unspecified atom stereocenters. The molecule has 1 amide bonds. The molecule has 70 valence electrons. The number of carbonyl (C=O) groups excluding carboxylic acids is 1. The van der Waals surface area contributed by atoms with Crippen molar-refractivity contribution < 1.29 is 9.18 Å². The molecule has 0 bridgehead atoms. The Bertz CT molecular complexity index is 312. The predicted octanol–water partition coefficient (Wildman–Crippen LogP) is 1.74. The molecule has 1 rings (SSSR count). The minimum Gasteiger partial charge on any atom is -0.367 e. The fraction of sp³-hybridized carbons (Fsp3) is 0.300. The number of aryl methyl sites for hydroxylation is 1. The van der Waals surface area contributed by atoms with Gasteiger partial charge in [-0.2, -0.15) is 0 Å². The number of carbonyl (C=O) groups is 1. The Hall–Kier alpha value is -1.38. The normalized spacial score (nSPS) is 12.5. The topological polar surface area (TPSA) is 43.1 Å². The van der Waals surface area contributed by atoms with Crippen LogP contribution in [0.25, 0.3) is 0 Å². The standard InChI is InChI=1S/C10H12FNO/c1-2-7-5-3-4-6-8(7)9(11)10(12)13/h3-6,9H,2H2,1H3,(H2,12,13). The summed E-state index contributed by atoms with van der Waals surface area (Å²) in [6.45, 7) is 1.91. The summed E-state index contributed by atoms with van der Waals surface area (Å²) in [4.78, 5) is 10.6. The van der Waals surface area contributed by atoms with E-state index in [-0.39, 0.29) is 0 Å². The minimum absolute atomic E-state index is 0.387. The average molecular weight is 181 g/mol. The first-order valence-electron chi connectivity index (χ1n) is 4.18. The van der Waals surface area contributed by atoms with E-state index in [9.17, 15) is 9.18 Å². The largest absolute Gasteiger partial charge is 0.367 e. The van der Waals surface area contributed by atoms with Gasteiger partial charge in [-0.05, 0) is 17.5 Å². The zero-order valence-corrected chi connectivity index (χ0v) is 7.46. The molecule has 0 fully saturated rings. The third-order valence-electron chi connectivity index (χ3n) is 1.96. The number of hydrogen-bond donors (Lipinski definition) is 1. The van der Waals surface area contributed by atoms with Gasteiger partial charge < -0.3 is 5.73 Å². The van der Waals surface area contributed by atoms with E-state index >= 15 is 0 Å². The Morgan fingerprint density at radius 2 is 2.15 bits per heavy atom. The van der Waals surface area contributed by atoms with Crippen molar-refractivity contribution in [3.05, 3.63) is 35.4 Å². The van der Waals surface area contributed by atoms with Crippen LogP contribution in [0.3, 0.4) is 0 Å². The zero-order valence-electron chi connectivity index (χ0n) is 7.46. The molecule has 1 atom stereocenters. The number of halogens is 1. The van der Waals surface area contributed by atoms with Gasteiger partial charge in [-0.1, -0.05) is 31.2 Å². The van der Waals surface area contributed by atoms with Gasteiger partial charge in [0.15, 0.2) is 0 Å². The lowest BCUT2D eigenvalue weighted by Crippen LogP contribution is -2.18. The Balaban J connectivity index is 3.05. The molecule has 3 heteroatoms. The molecular weight excluding hydrogens is 169 g/mol. The van der Waals surface area contributed by atoms with Gasteiger partial charge in [0, 0.05) is 0 Å². The number of primary amides is 1. The van der Waals surface area contributed by atoms with E-state index in [0.717, 1.165) is 5.56 Å². The SMILES string of the molecule is CCc1ccccc1C(F)C(N)=O. The molecule has 0 aliphatic rings. The van der Waals surface area contributed by atoms with Crippen LogP contribution in [0.15, 0.2) is 24.3 Å². The van der Waals surface area contributed by atoms with E-state index < -0.39 is 12.1 Å². The smallest absolute Gasteiger partial charge is 0.256 e. The van der Waals surface area contributed by atoms with E-state index in [0.29, 0.717) is 12.0 Å². The third-order valence-corrected chi connectivity index (χ3v) is 1.96. The van der Waals surface area contributed by atoms with Crippen LogP contribution in [0.4, 0.5) is 4.39 Å². The van der Waals surface area contributed by atoms with Crippen molar-refractivity contribution in [2.45, 2.75) is 19.5 Å². The highest BCUT2D eigenvalue weighted by Crippen LogP contribution is 2.21. The van der Waals surface area contributed by atoms with Crippen LogP contribution < -0.4 is 5.73 Å². The zero-order chi connectivity index (χ0) is 9.84. The Morgan fingerprint density at radius 3 is 2.69 bits per heavy atom. The molecule has 2 nitrogen and oxygen atoms in total. The highest BCUT2D eigenvalue weighted by Gasteiger charge is 2.18. The summed E-state index contributed by atoms with van der Waals surface area (Å²) in [5.74, 6) is -0.930. The molecule has 1 aromatic carbocycles. The summed E-state index contributed by atoms with van der Waals surface area (Å²) >= 11 is 0. The van der Waals surface area contributed by atoms with Crippen LogP contribution in [0.5, 0.6) is 0 Å². The molecule has 0 saturated carbocycles. The van der Waals surface area contributed by atoms with Gasteiger partial charge in [-0.25, -0.2) is 4.39 Å². The van der Waals surface area contributed by atoms with Crippen molar-refractivity contribution >= 4 is 5.91 Å². The Morgan fingerprint density at radius 1 is 1.54 bits per heavy atom. The summed E-state index contributed by atoms with van der Waals surface area (Å²) in [5.41, 5.74) is 6.09. The molecular formula is C10H12FNO. The molecule has 0 saturated heterocycles. The molecule has 13 heavy (non-hydrogen) atoms. The number of alkyl halides is 1. The maximum atomic E-state index is 13.2. The maximum Gasteiger partial charge on any atom is 0.256 e. The number of benzene rings is 1. The van der Waals surface area contributed by atoms with Crippen LogP contribution in [0, 0.1) is 0 Å². The molecule has 1 aromatic rings. The van der Waals surface area contributed by atoms with Gasteiger partial charge >= 0.3 is 0 Å². The van der Waals surface area contributed by atoms with Crippen molar-refractivity contribution in [2.24, 2.45) is 5.73 Å². The van der Waals surface area contributed by atoms with Crippen LogP contribution in [0.2, 0.25) is 0 Å². The molecule has 0 heterocycles. The predicted molar refractivity (Wildman–Crippen MR) is 48.9 cm³/mol. The number of nitrogens with two attached hydrogens (primary N) is 1. The Kier molecular flexibility index (Phi) is 3.01. The fourth-order valence-electron chi connectivity index (χ4n) is 1.26. The minimum atomic E-state index is -1.68. The van der Waals surface area contributed by atoms with Crippen molar-refractivity contribution in [2.75, 3.05) is 0 Å². The van der Waals surface area contributed by atoms with Gasteiger partial charge in [0.25, 0.3) is 5.91 Å². The average Bonchev–Trinajstić information content (AvgIpc) is 2.16. The summed E-state index contributed by atoms with van der Waals surface area (Å²) in [5, 5.41) is 0. The van der Waals surface area contributed by atoms with Gasteiger partial charge in [-0.3, -0.25) is 4.79 Å². The van der Waals surface area contributed by atoms with Crippen LogP contribution in [-0.4, -0.2) is 5.91 Å². The van der Waals surface area contributed by atoms with Gasteiger partial charge in [0.2, 0.25) is 6.17 Å². The first-order valence-corrected chi connectivity index (χ1v) is 4.18. The monoisotopic (exact) mass is 181 g/mol. The highest BCUT2D eigenvalue weighted by atomic mass is 19.1. The van der Waals surface area contributed by atoms with E-state index in [1.165, 1.54) is 0 Å². The van der Waals surface area contributed by atoms with E-state index in [4.69, 9.17) is 5.73 Å². The van der Waals surface area contributed by atoms with Crippen LogP contribution >= 0.6 is 0 Å².